The number of nitrogens with zero attached hydrogens (tertiary/aromatic N) is 2. The summed E-state index contributed by atoms with van der Waals surface area (Å²) in [7, 11) is 0. The second-order valence-corrected chi connectivity index (χ2v) is 5.32. The maximum absolute atomic E-state index is 5.93. The van der Waals surface area contributed by atoms with Gasteiger partial charge >= 0.3 is 0 Å². The van der Waals surface area contributed by atoms with Crippen LogP contribution in [-0.4, -0.2) is 16.5 Å². The van der Waals surface area contributed by atoms with Crippen molar-refractivity contribution in [3.63, 3.8) is 0 Å². The Morgan fingerprint density at radius 3 is 2.65 bits per heavy atom. The summed E-state index contributed by atoms with van der Waals surface area (Å²) in [5.74, 6) is 3.70. The molecule has 4 nitrogen and oxygen atoms in total. The first kappa shape index (κ1) is 12.1. The predicted octanol–water partition coefficient (Wildman–Crippen LogP) is 2.70. The lowest BCUT2D eigenvalue weighted by Gasteiger charge is -2.12. The summed E-state index contributed by atoms with van der Waals surface area (Å²) in [6.45, 7) is 7.36. The van der Waals surface area contributed by atoms with Gasteiger partial charge in [0.1, 0.15) is 17.5 Å². The molecule has 1 saturated carbocycles. The maximum Gasteiger partial charge on any atom is 0.136 e. The van der Waals surface area contributed by atoms with Crippen molar-refractivity contribution in [3.05, 3.63) is 11.4 Å². The Morgan fingerprint density at radius 1 is 1.35 bits per heavy atom. The molecule has 1 aromatic heterocycles. The summed E-state index contributed by atoms with van der Waals surface area (Å²) in [4.78, 5) is 8.95. The molecule has 3 N–H and O–H groups in total. The first-order valence-electron chi connectivity index (χ1n) is 6.45. The summed E-state index contributed by atoms with van der Waals surface area (Å²) in [5.41, 5.74) is 6.90. The zero-order chi connectivity index (χ0) is 12.4. The van der Waals surface area contributed by atoms with Gasteiger partial charge in [-0.05, 0) is 32.1 Å². The van der Waals surface area contributed by atoms with Gasteiger partial charge < -0.3 is 11.1 Å². The zero-order valence-electron chi connectivity index (χ0n) is 11.0. The van der Waals surface area contributed by atoms with Crippen LogP contribution in [0.3, 0.4) is 0 Å². The fourth-order valence-electron chi connectivity index (χ4n) is 1.73. The van der Waals surface area contributed by atoms with Crippen molar-refractivity contribution in [1.82, 2.24) is 9.97 Å². The third-order valence-corrected chi connectivity index (χ3v) is 3.16. The van der Waals surface area contributed by atoms with Crippen molar-refractivity contribution in [2.45, 2.75) is 46.0 Å². The van der Waals surface area contributed by atoms with E-state index in [9.17, 15) is 0 Å². The Labute approximate surface area is 103 Å². The number of nitrogens with two attached hydrogens (primary N) is 1. The lowest BCUT2D eigenvalue weighted by molar-refractivity contribution is 0.606. The Hall–Kier alpha value is -1.32. The van der Waals surface area contributed by atoms with Crippen molar-refractivity contribution >= 4 is 11.6 Å². The summed E-state index contributed by atoms with van der Waals surface area (Å²) in [6.07, 6.45) is 3.55. The van der Waals surface area contributed by atoms with Gasteiger partial charge in [0.05, 0.1) is 0 Å². The Bertz CT molecular complexity index is 397. The minimum absolute atomic E-state index is 0.545. The third kappa shape index (κ3) is 3.08. The lowest BCUT2D eigenvalue weighted by Crippen LogP contribution is -2.11. The molecule has 0 aliphatic heterocycles. The van der Waals surface area contributed by atoms with Crippen molar-refractivity contribution in [1.29, 1.82) is 0 Å². The van der Waals surface area contributed by atoms with E-state index in [0.717, 1.165) is 30.2 Å². The number of rotatable bonds is 5. The molecular weight excluding hydrogens is 212 g/mol. The molecule has 1 aromatic rings. The van der Waals surface area contributed by atoms with E-state index < -0.39 is 0 Å². The number of anilines is 2. The highest BCUT2D eigenvalue weighted by molar-refractivity contribution is 5.55. The first-order chi connectivity index (χ1) is 8.08. The van der Waals surface area contributed by atoms with Gasteiger partial charge in [-0.25, -0.2) is 9.97 Å². The molecule has 1 heterocycles. The van der Waals surface area contributed by atoms with E-state index in [1.165, 1.54) is 12.8 Å². The van der Waals surface area contributed by atoms with Gasteiger partial charge in [0.15, 0.2) is 0 Å². The molecular formula is C13H22N4. The van der Waals surface area contributed by atoms with Gasteiger partial charge in [-0.1, -0.05) is 13.8 Å². The minimum atomic E-state index is 0.545. The van der Waals surface area contributed by atoms with Crippen molar-refractivity contribution in [2.75, 3.05) is 17.6 Å². The molecule has 1 aliphatic rings. The van der Waals surface area contributed by atoms with Gasteiger partial charge in [-0.3, -0.25) is 0 Å². The Kier molecular flexibility index (Phi) is 3.50. The lowest BCUT2D eigenvalue weighted by atomic mass is 10.1. The number of nitrogens with one attached hydrogen (secondary N) is 1. The van der Waals surface area contributed by atoms with E-state index in [-0.39, 0.29) is 0 Å². The van der Waals surface area contributed by atoms with Crippen LogP contribution >= 0.6 is 0 Å². The molecule has 1 aliphatic carbocycles. The molecule has 0 atom stereocenters. The molecule has 0 bridgehead atoms. The van der Waals surface area contributed by atoms with Crippen molar-refractivity contribution in [2.24, 2.45) is 5.92 Å². The van der Waals surface area contributed by atoms with E-state index in [1.54, 1.807) is 0 Å². The zero-order valence-corrected chi connectivity index (χ0v) is 11.0. The highest BCUT2D eigenvalue weighted by Gasteiger charge is 2.27. The second-order valence-electron chi connectivity index (χ2n) is 5.32. The number of hydrogen-bond acceptors (Lipinski definition) is 4. The van der Waals surface area contributed by atoms with E-state index in [1.807, 2.05) is 6.92 Å². The number of nitrogen functional groups attached to an aromatic ring is 1. The summed E-state index contributed by atoms with van der Waals surface area (Å²) in [5, 5.41) is 3.38. The molecule has 0 unspecified atom stereocenters. The SMILES string of the molecule is Cc1c(N)nc(C2CC2)nc1NCCC(C)C. The average Bonchev–Trinajstić information content (AvgIpc) is 3.07. The molecule has 17 heavy (non-hydrogen) atoms. The second kappa shape index (κ2) is 4.90. The minimum Gasteiger partial charge on any atom is -0.383 e. The average molecular weight is 234 g/mol. The third-order valence-electron chi connectivity index (χ3n) is 3.16. The van der Waals surface area contributed by atoms with Gasteiger partial charge in [-0.2, -0.15) is 0 Å². The standard InChI is InChI=1S/C13H22N4/c1-8(2)6-7-15-12-9(3)11(14)16-13(17-12)10-4-5-10/h8,10H,4-7H2,1-3H3,(H3,14,15,16,17). The monoisotopic (exact) mass is 234 g/mol. The van der Waals surface area contributed by atoms with Crippen LogP contribution in [0.1, 0.15) is 50.4 Å². The van der Waals surface area contributed by atoms with Gasteiger partial charge in [0.2, 0.25) is 0 Å². The van der Waals surface area contributed by atoms with E-state index in [2.05, 4.69) is 29.1 Å². The van der Waals surface area contributed by atoms with Crippen molar-refractivity contribution < 1.29 is 0 Å². The summed E-state index contributed by atoms with van der Waals surface area (Å²) < 4.78 is 0. The van der Waals surface area contributed by atoms with Crippen LogP contribution in [0, 0.1) is 12.8 Å². The number of aromatic nitrogens is 2. The fraction of sp³-hybridized carbons (Fsp3) is 0.692. The Balaban J connectivity index is 2.08. The number of hydrogen-bond donors (Lipinski definition) is 2. The van der Waals surface area contributed by atoms with Gasteiger partial charge in [-0.15, -0.1) is 0 Å². The normalized spacial score (nSPS) is 15.3. The van der Waals surface area contributed by atoms with E-state index in [0.29, 0.717) is 17.7 Å². The maximum atomic E-state index is 5.93. The van der Waals surface area contributed by atoms with Gasteiger partial charge in [0.25, 0.3) is 0 Å². The molecule has 0 amide bonds. The molecule has 1 fully saturated rings. The highest BCUT2D eigenvalue weighted by atomic mass is 15.1. The van der Waals surface area contributed by atoms with Crippen LogP contribution in [0.15, 0.2) is 0 Å². The van der Waals surface area contributed by atoms with E-state index in [4.69, 9.17) is 5.73 Å². The van der Waals surface area contributed by atoms with Crippen LogP contribution in [-0.2, 0) is 0 Å². The predicted molar refractivity (Wildman–Crippen MR) is 71.1 cm³/mol. The van der Waals surface area contributed by atoms with Gasteiger partial charge in [0, 0.05) is 18.0 Å². The molecule has 0 spiro atoms. The summed E-state index contributed by atoms with van der Waals surface area (Å²) in [6, 6.07) is 0. The van der Waals surface area contributed by atoms with Crippen LogP contribution in [0.2, 0.25) is 0 Å². The molecule has 94 valence electrons. The fourth-order valence-corrected chi connectivity index (χ4v) is 1.73. The van der Waals surface area contributed by atoms with Crippen molar-refractivity contribution in [3.8, 4) is 0 Å². The smallest absolute Gasteiger partial charge is 0.136 e. The van der Waals surface area contributed by atoms with Crippen LogP contribution in [0.4, 0.5) is 11.6 Å². The van der Waals surface area contributed by atoms with Crippen LogP contribution in [0.5, 0.6) is 0 Å². The Morgan fingerprint density at radius 2 is 2.06 bits per heavy atom. The largest absolute Gasteiger partial charge is 0.383 e. The molecule has 2 rings (SSSR count). The summed E-state index contributed by atoms with van der Waals surface area (Å²) >= 11 is 0. The molecule has 0 aromatic carbocycles. The first-order valence-corrected chi connectivity index (χ1v) is 6.45. The highest BCUT2D eigenvalue weighted by Crippen LogP contribution is 2.39. The quantitative estimate of drug-likeness (QED) is 0.822. The molecule has 4 heteroatoms. The van der Waals surface area contributed by atoms with E-state index >= 15 is 0 Å². The molecule has 0 saturated heterocycles. The van der Waals surface area contributed by atoms with Crippen LogP contribution in [0.25, 0.3) is 0 Å². The molecule has 0 radical (unpaired) electrons. The topological polar surface area (TPSA) is 63.8 Å². The van der Waals surface area contributed by atoms with Crippen LogP contribution < -0.4 is 11.1 Å².